The van der Waals surface area contributed by atoms with Crippen LogP contribution in [0.3, 0.4) is 0 Å². The molecule has 0 saturated carbocycles. The molecule has 2 aliphatic rings. The highest BCUT2D eigenvalue weighted by Gasteiger charge is 2.51. The van der Waals surface area contributed by atoms with Gasteiger partial charge in [-0.1, -0.05) is 37.3 Å². The second-order valence-electron chi connectivity index (χ2n) is 10.9. The van der Waals surface area contributed by atoms with E-state index >= 15 is 0 Å². The van der Waals surface area contributed by atoms with Crippen molar-refractivity contribution >= 4 is 0 Å². The van der Waals surface area contributed by atoms with Gasteiger partial charge in [-0.25, -0.2) is 4.79 Å². The van der Waals surface area contributed by atoms with Gasteiger partial charge in [-0.3, -0.25) is 19.0 Å². The Kier molecular flexibility index (Phi) is 11.8. The predicted octanol–water partition coefficient (Wildman–Crippen LogP) is -2.53. The van der Waals surface area contributed by atoms with E-state index in [-0.39, 0.29) is 13.0 Å². The van der Waals surface area contributed by atoms with Gasteiger partial charge in [0.1, 0.15) is 36.6 Å². The maximum Gasteiger partial charge on any atom is 0.330 e. The van der Waals surface area contributed by atoms with E-state index in [1.165, 1.54) is 6.42 Å². The van der Waals surface area contributed by atoms with Crippen molar-refractivity contribution in [2.24, 2.45) is 11.5 Å². The van der Waals surface area contributed by atoms with Crippen LogP contribution in [0.25, 0.3) is 0 Å². The van der Waals surface area contributed by atoms with Gasteiger partial charge in [-0.05, 0) is 19.4 Å². The van der Waals surface area contributed by atoms with Crippen LogP contribution < -0.4 is 22.7 Å². The van der Waals surface area contributed by atoms with Crippen LogP contribution in [0, 0.1) is 0 Å². The molecule has 0 radical (unpaired) electrons. The van der Waals surface area contributed by atoms with Crippen LogP contribution in [-0.2, 0) is 27.2 Å². The van der Waals surface area contributed by atoms with E-state index in [1.54, 1.807) is 10.9 Å². The number of rotatable bonds is 16. The Balaban J connectivity index is 1.44. The summed E-state index contributed by atoms with van der Waals surface area (Å²) in [5.41, 5.74) is 10.2. The first kappa shape index (κ1) is 32.4. The molecule has 9 atom stereocenters. The molecule has 4 rings (SSSR count). The molecule has 2 aromatic rings. The SMILES string of the molecule is NCCCCCCCCCn1cc(C[C@H](O[C@@H]2O[C@H](CN)[C@@H](O)[C@H]2O)[C@H]2O[C@@H](n3ccc(=O)[nH]c3=O)[C@H](O)[C@@H]2O)nn1. The number of aryl methyl sites for hydroxylation is 1. The Hall–Kier alpha value is -2.54. The zero-order valence-corrected chi connectivity index (χ0v) is 23.5. The van der Waals surface area contributed by atoms with E-state index in [4.69, 9.17) is 25.7 Å². The number of nitrogens with one attached hydrogen (secondary N) is 1. The molecule has 0 unspecified atom stereocenters. The van der Waals surface area contributed by atoms with Crippen molar-refractivity contribution in [1.82, 2.24) is 24.5 Å². The molecule has 2 aliphatic heterocycles. The maximum atomic E-state index is 12.3. The fourth-order valence-corrected chi connectivity index (χ4v) is 5.34. The average Bonchev–Trinajstić information content (AvgIpc) is 3.62. The first-order chi connectivity index (χ1) is 20.2. The molecule has 9 N–H and O–H groups in total. The predicted molar refractivity (Wildman–Crippen MR) is 147 cm³/mol. The quantitative estimate of drug-likeness (QED) is 0.0988. The minimum absolute atomic E-state index is 0.0266. The molecule has 236 valence electrons. The second kappa shape index (κ2) is 15.3. The van der Waals surface area contributed by atoms with Crippen LogP contribution in [0.4, 0.5) is 0 Å². The van der Waals surface area contributed by atoms with Gasteiger partial charge in [-0.15, -0.1) is 5.10 Å². The monoisotopic (exact) mass is 597 g/mol. The molecule has 0 amide bonds. The van der Waals surface area contributed by atoms with Gasteiger partial charge in [0.2, 0.25) is 0 Å². The van der Waals surface area contributed by atoms with Gasteiger partial charge < -0.3 is 46.1 Å². The molecule has 2 saturated heterocycles. The third-order valence-corrected chi connectivity index (χ3v) is 7.71. The number of hydrogen-bond donors (Lipinski definition) is 7. The smallest absolute Gasteiger partial charge is 0.330 e. The summed E-state index contributed by atoms with van der Waals surface area (Å²) in [7, 11) is 0. The molecular weight excluding hydrogens is 554 g/mol. The largest absolute Gasteiger partial charge is 0.387 e. The molecule has 16 heteroatoms. The first-order valence-corrected chi connectivity index (χ1v) is 14.5. The van der Waals surface area contributed by atoms with E-state index < -0.39 is 66.5 Å². The van der Waals surface area contributed by atoms with E-state index in [0.29, 0.717) is 12.2 Å². The number of hydrogen-bond acceptors (Lipinski definition) is 13. The van der Waals surface area contributed by atoms with Crippen molar-refractivity contribution in [3.8, 4) is 0 Å². The summed E-state index contributed by atoms with van der Waals surface area (Å²) in [4.78, 5) is 25.9. The van der Waals surface area contributed by atoms with Crippen molar-refractivity contribution in [3.63, 3.8) is 0 Å². The van der Waals surface area contributed by atoms with Gasteiger partial charge in [-0.2, -0.15) is 0 Å². The zero-order chi connectivity index (χ0) is 30.2. The van der Waals surface area contributed by atoms with E-state index in [9.17, 15) is 30.0 Å². The Morgan fingerprint density at radius 1 is 0.952 bits per heavy atom. The van der Waals surface area contributed by atoms with Crippen LogP contribution in [0.15, 0.2) is 28.0 Å². The molecule has 0 bridgehead atoms. The van der Waals surface area contributed by atoms with Gasteiger partial charge in [0.15, 0.2) is 12.5 Å². The fourth-order valence-electron chi connectivity index (χ4n) is 5.34. The lowest BCUT2D eigenvalue weighted by Crippen LogP contribution is -2.45. The Morgan fingerprint density at radius 3 is 2.33 bits per heavy atom. The summed E-state index contributed by atoms with van der Waals surface area (Å²) in [6.07, 6.45) is -1.10. The van der Waals surface area contributed by atoms with Crippen molar-refractivity contribution in [3.05, 3.63) is 45.0 Å². The van der Waals surface area contributed by atoms with Crippen molar-refractivity contribution in [1.29, 1.82) is 0 Å². The van der Waals surface area contributed by atoms with Crippen molar-refractivity contribution in [2.45, 2.75) is 113 Å². The Labute approximate surface area is 242 Å². The lowest BCUT2D eigenvalue weighted by Gasteiger charge is -2.29. The topological polar surface area (TPSA) is 246 Å². The Morgan fingerprint density at radius 2 is 1.67 bits per heavy atom. The van der Waals surface area contributed by atoms with Crippen LogP contribution in [0.2, 0.25) is 0 Å². The fraction of sp³-hybridized carbons (Fsp3) is 0.769. The first-order valence-electron chi connectivity index (χ1n) is 14.5. The number of aromatic amines is 1. The third-order valence-electron chi connectivity index (χ3n) is 7.71. The molecule has 16 nitrogen and oxygen atoms in total. The molecule has 42 heavy (non-hydrogen) atoms. The lowest BCUT2D eigenvalue weighted by atomic mass is 10.0. The summed E-state index contributed by atoms with van der Waals surface area (Å²) in [5, 5.41) is 50.9. The zero-order valence-electron chi connectivity index (χ0n) is 23.5. The van der Waals surface area contributed by atoms with Crippen molar-refractivity contribution < 1.29 is 34.6 Å². The number of H-pyrrole nitrogens is 1. The number of aliphatic hydroxyl groups excluding tert-OH is 4. The number of nitrogens with two attached hydrogens (primary N) is 2. The molecule has 2 aromatic heterocycles. The number of aliphatic hydroxyl groups is 4. The highest BCUT2D eigenvalue weighted by atomic mass is 16.7. The van der Waals surface area contributed by atoms with E-state index in [1.807, 2.05) is 0 Å². The standard InChI is InChI=1S/C26H43N7O9/c27-9-6-4-2-1-3-5-7-10-32-14-15(30-31-32)12-16(40-25-22(38)19(35)17(13-28)41-25)23-20(36)21(37)24(42-23)33-11-8-18(34)29-26(33)39/h8,11,14,16-17,19-25,35-38H,1-7,9-10,12-13,27-28H2,(H,29,34,39)/t16-,17+,19+,20-,21+,22+,23+,24+,25+/m0/s1. The molecular formula is C26H43N7O9. The highest BCUT2D eigenvalue weighted by Crippen LogP contribution is 2.34. The highest BCUT2D eigenvalue weighted by molar-refractivity contribution is 5.02. The number of unbranched alkanes of at least 4 members (excludes halogenated alkanes) is 6. The minimum Gasteiger partial charge on any atom is -0.387 e. The summed E-state index contributed by atoms with van der Waals surface area (Å²) in [6, 6.07) is 1.09. The summed E-state index contributed by atoms with van der Waals surface area (Å²) >= 11 is 0. The molecule has 0 aliphatic carbocycles. The van der Waals surface area contributed by atoms with Gasteiger partial charge in [0.05, 0.1) is 11.8 Å². The number of ether oxygens (including phenoxy) is 3. The van der Waals surface area contributed by atoms with E-state index in [0.717, 1.165) is 61.9 Å². The van der Waals surface area contributed by atoms with Crippen LogP contribution in [0.1, 0.15) is 56.9 Å². The van der Waals surface area contributed by atoms with Crippen LogP contribution >= 0.6 is 0 Å². The van der Waals surface area contributed by atoms with Crippen LogP contribution in [0.5, 0.6) is 0 Å². The summed E-state index contributed by atoms with van der Waals surface area (Å²) in [6.45, 7) is 1.32. The summed E-state index contributed by atoms with van der Waals surface area (Å²) in [5.74, 6) is 0. The third kappa shape index (κ3) is 7.89. The second-order valence-corrected chi connectivity index (χ2v) is 10.9. The van der Waals surface area contributed by atoms with Gasteiger partial charge in [0, 0.05) is 38.0 Å². The molecule has 0 spiro atoms. The lowest BCUT2D eigenvalue weighted by molar-refractivity contribution is -0.220. The number of nitrogens with zero attached hydrogens (tertiary/aromatic N) is 4. The molecule has 4 heterocycles. The van der Waals surface area contributed by atoms with E-state index in [2.05, 4.69) is 15.3 Å². The molecule has 0 aromatic carbocycles. The maximum absolute atomic E-state index is 12.3. The van der Waals surface area contributed by atoms with Crippen LogP contribution in [-0.4, -0.2) is 107 Å². The normalized spacial score (nSPS) is 30.2. The average molecular weight is 598 g/mol. The molecule has 2 fully saturated rings. The number of aromatic nitrogens is 5. The van der Waals surface area contributed by atoms with Gasteiger partial charge in [0.25, 0.3) is 5.56 Å². The van der Waals surface area contributed by atoms with Crippen molar-refractivity contribution in [2.75, 3.05) is 13.1 Å². The Bertz CT molecular complexity index is 1220. The van der Waals surface area contributed by atoms with Gasteiger partial charge >= 0.3 is 5.69 Å². The summed E-state index contributed by atoms with van der Waals surface area (Å²) < 4.78 is 20.2. The minimum atomic E-state index is -1.56.